The van der Waals surface area contributed by atoms with Crippen LogP contribution < -0.4 is 5.32 Å². The van der Waals surface area contributed by atoms with Gasteiger partial charge in [-0.25, -0.2) is 4.98 Å². The molecule has 80 valence electrons. The Hall–Kier alpha value is -1.29. The van der Waals surface area contributed by atoms with Crippen molar-refractivity contribution in [3.05, 3.63) is 36.5 Å². The highest BCUT2D eigenvalue weighted by Crippen LogP contribution is 2.06. The Labute approximate surface area is 94.0 Å². The van der Waals surface area contributed by atoms with Crippen LogP contribution in [0.4, 0.5) is 5.82 Å². The van der Waals surface area contributed by atoms with E-state index in [1.165, 1.54) is 11.8 Å². The number of aryl methyl sites for hydroxylation is 1. The molecule has 1 aromatic heterocycles. The molecular weight excluding hydrogens is 208 g/mol. The number of aromatic nitrogens is 1. The first-order chi connectivity index (χ1) is 7.22. The normalized spacial score (nSPS) is 9.67. The summed E-state index contributed by atoms with van der Waals surface area (Å²) in [5.41, 5.74) is 1.08. The second-order valence-electron chi connectivity index (χ2n) is 3.07. The van der Waals surface area contributed by atoms with Gasteiger partial charge in [0.2, 0.25) is 5.91 Å². The van der Waals surface area contributed by atoms with Crippen LogP contribution in [0.1, 0.15) is 5.56 Å². The third-order valence-electron chi connectivity index (χ3n) is 1.65. The van der Waals surface area contributed by atoms with Gasteiger partial charge in [-0.05, 0) is 24.6 Å². The lowest BCUT2D eigenvalue weighted by Gasteiger charge is -2.03. The molecule has 1 aromatic rings. The fourth-order valence-corrected chi connectivity index (χ4v) is 1.56. The molecule has 0 bridgehead atoms. The predicted molar refractivity (Wildman–Crippen MR) is 65.1 cm³/mol. The summed E-state index contributed by atoms with van der Waals surface area (Å²) in [5, 5.41) is 2.74. The van der Waals surface area contributed by atoms with E-state index in [0.717, 1.165) is 11.3 Å². The Morgan fingerprint density at radius 1 is 1.73 bits per heavy atom. The number of carbonyl (C=O) groups is 1. The number of carbonyl (C=O) groups excluding carboxylic acids is 1. The van der Waals surface area contributed by atoms with Crippen molar-refractivity contribution in [3.8, 4) is 0 Å². The van der Waals surface area contributed by atoms with Gasteiger partial charge in [-0.3, -0.25) is 4.79 Å². The molecule has 1 rings (SSSR count). The van der Waals surface area contributed by atoms with Crippen LogP contribution in [0.5, 0.6) is 0 Å². The Morgan fingerprint density at radius 3 is 3.20 bits per heavy atom. The molecule has 0 atom stereocenters. The first-order valence-electron chi connectivity index (χ1n) is 4.63. The van der Waals surface area contributed by atoms with Crippen LogP contribution in [-0.4, -0.2) is 22.4 Å². The van der Waals surface area contributed by atoms with E-state index in [1.54, 1.807) is 12.3 Å². The monoisotopic (exact) mass is 222 g/mol. The molecular formula is C11H14N2OS. The van der Waals surface area contributed by atoms with Crippen molar-refractivity contribution in [3.63, 3.8) is 0 Å². The average Bonchev–Trinajstić information content (AvgIpc) is 2.18. The van der Waals surface area contributed by atoms with Gasteiger partial charge < -0.3 is 5.32 Å². The lowest BCUT2D eigenvalue weighted by atomic mass is 10.3. The highest BCUT2D eigenvalue weighted by Gasteiger charge is 2.02. The molecule has 0 fully saturated rings. The largest absolute Gasteiger partial charge is 0.310 e. The van der Waals surface area contributed by atoms with Gasteiger partial charge in [-0.15, -0.1) is 18.3 Å². The first-order valence-corrected chi connectivity index (χ1v) is 5.79. The minimum atomic E-state index is -0.0278. The molecule has 0 aromatic carbocycles. The quantitative estimate of drug-likeness (QED) is 0.613. The summed E-state index contributed by atoms with van der Waals surface area (Å²) in [4.78, 5) is 15.4. The molecule has 4 heteroatoms. The summed E-state index contributed by atoms with van der Waals surface area (Å²) in [7, 11) is 0. The van der Waals surface area contributed by atoms with E-state index in [2.05, 4.69) is 16.9 Å². The van der Waals surface area contributed by atoms with Crippen molar-refractivity contribution >= 4 is 23.5 Å². The molecule has 3 nitrogen and oxygen atoms in total. The van der Waals surface area contributed by atoms with Crippen molar-refractivity contribution in [2.45, 2.75) is 6.92 Å². The first kappa shape index (κ1) is 11.8. The number of nitrogens with zero attached hydrogens (tertiary/aromatic N) is 1. The van der Waals surface area contributed by atoms with Gasteiger partial charge in [0.15, 0.2) is 0 Å². The maximum absolute atomic E-state index is 11.4. The Morgan fingerprint density at radius 2 is 2.53 bits per heavy atom. The van der Waals surface area contributed by atoms with Crippen molar-refractivity contribution in [2.24, 2.45) is 0 Å². The SMILES string of the molecule is C=CCSCC(=O)Nc1cc(C)ccn1. The van der Waals surface area contributed by atoms with Gasteiger partial charge in [0, 0.05) is 11.9 Å². The van der Waals surface area contributed by atoms with Gasteiger partial charge in [0.25, 0.3) is 0 Å². The Bertz CT molecular complexity index is 352. The number of nitrogens with one attached hydrogen (secondary N) is 1. The van der Waals surface area contributed by atoms with E-state index in [4.69, 9.17) is 0 Å². The van der Waals surface area contributed by atoms with Crippen LogP contribution >= 0.6 is 11.8 Å². The van der Waals surface area contributed by atoms with Crippen LogP contribution in [-0.2, 0) is 4.79 Å². The fourth-order valence-electron chi connectivity index (χ4n) is 1.02. The zero-order chi connectivity index (χ0) is 11.1. The van der Waals surface area contributed by atoms with Gasteiger partial charge in [-0.1, -0.05) is 6.08 Å². The van der Waals surface area contributed by atoms with Crippen molar-refractivity contribution in [2.75, 3.05) is 16.8 Å². The maximum Gasteiger partial charge on any atom is 0.235 e. The number of hydrogen-bond acceptors (Lipinski definition) is 3. The van der Waals surface area contributed by atoms with E-state index in [-0.39, 0.29) is 5.91 Å². The fraction of sp³-hybridized carbons (Fsp3) is 0.273. The number of amides is 1. The van der Waals surface area contributed by atoms with E-state index >= 15 is 0 Å². The summed E-state index contributed by atoms with van der Waals surface area (Å²) < 4.78 is 0. The summed E-state index contributed by atoms with van der Waals surface area (Å²) in [6.07, 6.45) is 3.46. The average molecular weight is 222 g/mol. The lowest BCUT2D eigenvalue weighted by Crippen LogP contribution is -2.15. The highest BCUT2D eigenvalue weighted by atomic mass is 32.2. The topological polar surface area (TPSA) is 42.0 Å². The molecule has 1 N–H and O–H groups in total. The third kappa shape index (κ3) is 4.65. The van der Waals surface area contributed by atoms with Gasteiger partial charge >= 0.3 is 0 Å². The Kier molecular flexibility index (Phi) is 4.90. The number of pyridine rings is 1. The molecule has 15 heavy (non-hydrogen) atoms. The van der Waals surface area contributed by atoms with Crippen molar-refractivity contribution in [1.29, 1.82) is 0 Å². The van der Waals surface area contributed by atoms with E-state index in [1.807, 2.05) is 19.1 Å². The molecule has 0 aliphatic heterocycles. The zero-order valence-corrected chi connectivity index (χ0v) is 9.51. The van der Waals surface area contributed by atoms with Gasteiger partial charge in [0.1, 0.15) is 5.82 Å². The summed E-state index contributed by atoms with van der Waals surface area (Å²) in [5.74, 6) is 1.80. The summed E-state index contributed by atoms with van der Waals surface area (Å²) in [6, 6.07) is 3.73. The van der Waals surface area contributed by atoms with Gasteiger partial charge in [0.05, 0.1) is 5.75 Å². The third-order valence-corrected chi connectivity index (χ3v) is 2.59. The van der Waals surface area contributed by atoms with Crippen molar-refractivity contribution < 1.29 is 4.79 Å². The zero-order valence-electron chi connectivity index (χ0n) is 8.69. The second kappa shape index (κ2) is 6.24. The molecule has 0 aliphatic rings. The van der Waals surface area contributed by atoms with E-state index in [0.29, 0.717) is 11.6 Å². The molecule has 0 spiro atoms. The molecule has 0 saturated carbocycles. The van der Waals surface area contributed by atoms with Crippen molar-refractivity contribution in [1.82, 2.24) is 4.98 Å². The van der Waals surface area contributed by atoms with Crippen LogP contribution in [0.25, 0.3) is 0 Å². The van der Waals surface area contributed by atoms with Crippen LogP contribution in [0.15, 0.2) is 31.0 Å². The van der Waals surface area contributed by atoms with E-state index in [9.17, 15) is 4.79 Å². The van der Waals surface area contributed by atoms with E-state index < -0.39 is 0 Å². The minimum absolute atomic E-state index is 0.0278. The highest BCUT2D eigenvalue weighted by molar-refractivity contribution is 8.00. The van der Waals surface area contributed by atoms with Crippen LogP contribution in [0.3, 0.4) is 0 Å². The maximum atomic E-state index is 11.4. The minimum Gasteiger partial charge on any atom is -0.310 e. The predicted octanol–water partition coefficient (Wildman–Crippen LogP) is 2.25. The number of anilines is 1. The molecule has 0 unspecified atom stereocenters. The molecule has 0 radical (unpaired) electrons. The molecule has 0 aliphatic carbocycles. The van der Waals surface area contributed by atoms with Crippen LogP contribution in [0, 0.1) is 6.92 Å². The molecule has 0 saturated heterocycles. The molecule has 1 heterocycles. The standard InChI is InChI=1S/C11H14N2OS/c1-3-6-15-8-11(14)13-10-7-9(2)4-5-12-10/h3-5,7H,1,6,8H2,2H3,(H,12,13,14). The number of hydrogen-bond donors (Lipinski definition) is 1. The lowest BCUT2D eigenvalue weighted by molar-refractivity contribution is -0.113. The van der Waals surface area contributed by atoms with Gasteiger partial charge in [-0.2, -0.15) is 0 Å². The summed E-state index contributed by atoms with van der Waals surface area (Å²) >= 11 is 1.53. The Balaban J connectivity index is 2.40. The molecule has 1 amide bonds. The van der Waals surface area contributed by atoms with Crippen LogP contribution in [0.2, 0.25) is 0 Å². The summed E-state index contributed by atoms with van der Waals surface area (Å²) in [6.45, 7) is 5.55. The number of thioether (sulfide) groups is 1. The number of rotatable bonds is 5. The second-order valence-corrected chi connectivity index (χ2v) is 4.10. The smallest absolute Gasteiger partial charge is 0.235 e.